The summed E-state index contributed by atoms with van der Waals surface area (Å²) in [5.74, 6) is -2.42. The van der Waals surface area contributed by atoms with Crippen molar-refractivity contribution in [1.82, 2.24) is 0 Å². The first-order valence-electron chi connectivity index (χ1n) is 7.57. The van der Waals surface area contributed by atoms with Crippen LogP contribution in [-0.2, 0) is 19.1 Å². The molecule has 1 N–H and O–H groups in total. The van der Waals surface area contributed by atoms with E-state index in [1.165, 1.54) is 31.4 Å². The van der Waals surface area contributed by atoms with Gasteiger partial charge in [0.05, 0.1) is 18.4 Å². The Morgan fingerprint density at radius 1 is 1.08 bits per heavy atom. The van der Waals surface area contributed by atoms with E-state index in [0.717, 1.165) is 6.08 Å². The van der Waals surface area contributed by atoms with Gasteiger partial charge >= 0.3 is 11.9 Å². The van der Waals surface area contributed by atoms with Gasteiger partial charge in [0.15, 0.2) is 6.61 Å². The van der Waals surface area contributed by atoms with Crippen LogP contribution in [0.5, 0.6) is 0 Å². The number of anilines is 1. The molecule has 1 amide bonds. The predicted molar refractivity (Wildman–Crippen MR) is 92.8 cm³/mol. The Balaban J connectivity index is 1.82. The highest BCUT2D eigenvalue weighted by Crippen LogP contribution is 2.12. The van der Waals surface area contributed by atoms with E-state index in [1.807, 2.05) is 0 Å². The maximum atomic E-state index is 13.4. The van der Waals surface area contributed by atoms with Crippen molar-refractivity contribution in [3.63, 3.8) is 0 Å². The lowest BCUT2D eigenvalue weighted by molar-refractivity contribution is -0.142. The number of nitrogens with one attached hydrogen (secondary N) is 1. The zero-order valence-corrected chi connectivity index (χ0v) is 13.9. The third kappa shape index (κ3) is 5.55. The minimum atomic E-state index is -0.731. The summed E-state index contributed by atoms with van der Waals surface area (Å²) in [6.45, 7) is -0.543. The molecular formula is C19H16FNO5. The van der Waals surface area contributed by atoms with E-state index in [-0.39, 0.29) is 5.69 Å². The number of methoxy groups -OCH3 is 1. The molecule has 2 rings (SSSR count). The molecule has 0 aromatic heterocycles. The lowest BCUT2D eigenvalue weighted by Crippen LogP contribution is -2.20. The van der Waals surface area contributed by atoms with Crippen LogP contribution in [0.15, 0.2) is 54.6 Å². The van der Waals surface area contributed by atoms with Crippen LogP contribution in [0.3, 0.4) is 0 Å². The standard InChI is InChI=1S/C19H16FNO5/c1-25-19(24)14-9-6-13(7-10-14)8-11-18(23)26-12-17(22)21-16-5-3-2-4-15(16)20/h2-11H,12H2,1H3,(H,21,22)/b11-8+. The monoisotopic (exact) mass is 357 g/mol. The Labute approximate surface area is 149 Å². The zero-order chi connectivity index (χ0) is 18.9. The zero-order valence-electron chi connectivity index (χ0n) is 13.9. The summed E-state index contributed by atoms with van der Waals surface area (Å²) in [5.41, 5.74) is 1.05. The molecule has 0 aliphatic rings. The number of ether oxygens (including phenoxy) is 2. The van der Waals surface area contributed by atoms with E-state index in [1.54, 1.807) is 30.3 Å². The summed E-state index contributed by atoms with van der Waals surface area (Å²) in [6.07, 6.45) is 2.61. The lowest BCUT2D eigenvalue weighted by Gasteiger charge is -2.06. The predicted octanol–water partition coefficient (Wildman–Crippen LogP) is 2.81. The molecule has 0 saturated carbocycles. The fraction of sp³-hybridized carbons (Fsp3) is 0.105. The van der Waals surface area contributed by atoms with Crippen LogP contribution >= 0.6 is 0 Å². The van der Waals surface area contributed by atoms with E-state index in [0.29, 0.717) is 11.1 Å². The van der Waals surface area contributed by atoms with E-state index >= 15 is 0 Å². The van der Waals surface area contributed by atoms with Gasteiger partial charge in [0.1, 0.15) is 5.82 Å². The number of para-hydroxylation sites is 1. The Morgan fingerprint density at radius 3 is 2.42 bits per heavy atom. The van der Waals surface area contributed by atoms with Crippen molar-refractivity contribution in [2.45, 2.75) is 0 Å². The first-order chi connectivity index (χ1) is 12.5. The molecule has 0 fully saturated rings. The van der Waals surface area contributed by atoms with Crippen LogP contribution in [0.25, 0.3) is 6.08 Å². The van der Waals surface area contributed by atoms with Crippen molar-refractivity contribution in [1.29, 1.82) is 0 Å². The van der Waals surface area contributed by atoms with Crippen molar-refractivity contribution in [3.8, 4) is 0 Å². The first-order valence-corrected chi connectivity index (χ1v) is 7.57. The van der Waals surface area contributed by atoms with Gasteiger partial charge < -0.3 is 14.8 Å². The molecular weight excluding hydrogens is 341 g/mol. The van der Waals surface area contributed by atoms with Crippen molar-refractivity contribution in [3.05, 3.63) is 71.6 Å². The fourth-order valence-electron chi connectivity index (χ4n) is 1.95. The number of esters is 2. The highest BCUT2D eigenvalue weighted by atomic mass is 19.1. The van der Waals surface area contributed by atoms with E-state index in [4.69, 9.17) is 4.74 Å². The lowest BCUT2D eigenvalue weighted by atomic mass is 10.1. The number of hydrogen-bond acceptors (Lipinski definition) is 5. The van der Waals surface area contributed by atoms with Crippen LogP contribution in [0, 0.1) is 5.82 Å². The largest absolute Gasteiger partial charge is 0.465 e. The van der Waals surface area contributed by atoms with Gasteiger partial charge in [-0.1, -0.05) is 24.3 Å². The summed E-state index contributed by atoms with van der Waals surface area (Å²) < 4.78 is 22.8. The van der Waals surface area contributed by atoms with E-state index in [9.17, 15) is 18.8 Å². The molecule has 0 bridgehead atoms. The Hall–Kier alpha value is -3.48. The molecule has 0 aliphatic heterocycles. The Morgan fingerprint density at radius 2 is 1.77 bits per heavy atom. The van der Waals surface area contributed by atoms with Crippen molar-refractivity contribution < 1.29 is 28.2 Å². The summed E-state index contributed by atoms with van der Waals surface area (Å²) in [4.78, 5) is 34.6. The van der Waals surface area contributed by atoms with E-state index in [2.05, 4.69) is 10.1 Å². The molecule has 26 heavy (non-hydrogen) atoms. The number of amides is 1. The minimum absolute atomic E-state index is 0.00906. The van der Waals surface area contributed by atoms with Gasteiger partial charge in [-0.3, -0.25) is 4.79 Å². The van der Waals surface area contributed by atoms with Crippen LogP contribution in [0.2, 0.25) is 0 Å². The fourth-order valence-corrected chi connectivity index (χ4v) is 1.95. The number of benzene rings is 2. The molecule has 0 heterocycles. The summed E-state index contributed by atoms with van der Waals surface area (Å²) >= 11 is 0. The highest BCUT2D eigenvalue weighted by Gasteiger charge is 2.08. The van der Waals surface area contributed by atoms with Gasteiger partial charge in [0, 0.05) is 6.08 Å². The van der Waals surface area contributed by atoms with Gasteiger partial charge in [-0.15, -0.1) is 0 Å². The summed E-state index contributed by atoms with van der Waals surface area (Å²) in [7, 11) is 1.29. The molecule has 6 nitrogen and oxygen atoms in total. The average molecular weight is 357 g/mol. The number of halogens is 1. The van der Waals surface area contributed by atoms with Crippen LogP contribution in [0.4, 0.5) is 10.1 Å². The SMILES string of the molecule is COC(=O)c1ccc(/C=C/C(=O)OCC(=O)Nc2ccccc2F)cc1. The second kappa shape index (κ2) is 9.12. The molecule has 7 heteroatoms. The van der Waals surface area contributed by atoms with Crippen LogP contribution in [-0.4, -0.2) is 31.6 Å². The molecule has 0 spiro atoms. The smallest absolute Gasteiger partial charge is 0.337 e. The summed E-state index contributed by atoms with van der Waals surface area (Å²) in [5, 5.41) is 2.30. The molecule has 0 radical (unpaired) electrons. The number of rotatable bonds is 6. The van der Waals surface area contributed by atoms with Crippen molar-refractivity contribution in [2.75, 3.05) is 19.0 Å². The van der Waals surface area contributed by atoms with Gasteiger partial charge in [-0.25, -0.2) is 14.0 Å². The molecule has 0 saturated heterocycles. The maximum absolute atomic E-state index is 13.4. The Bertz CT molecular complexity index is 830. The maximum Gasteiger partial charge on any atom is 0.337 e. The Kier molecular flexibility index (Phi) is 6.61. The molecule has 0 atom stereocenters. The second-order valence-corrected chi connectivity index (χ2v) is 5.08. The van der Waals surface area contributed by atoms with Crippen LogP contribution in [0.1, 0.15) is 15.9 Å². The summed E-state index contributed by atoms with van der Waals surface area (Å²) in [6, 6.07) is 12.0. The molecule has 0 aliphatic carbocycles. The van der Waals surface area contributed by atoms with Gasteiger partial charge in [-0.2, -0.15) is 0 Å². The number of carbonyl (C=O) groups excluding carboxylic acids is 3. The number of hydrogen-bond donors (Lipinski definition) is 1. The molecule has 134 valence electrons. The molecule has 0 unspecified atom stereocenters. The minimum Gasteiger partial charge on any atom is -0.465 e. The topological polar surface area (TPSA) is 81.7 Å². The van der Waals surface area contributed by atoms with Gasteiger partial charge in [0.25, 0.3) is 5.91 Å². The quantitative estimate of drug-likeness (QED) is 0.635. The van der Waals surface area contributed by atoms with Crippen LogP contribution < -0.4 is 5.32 Å². The highest BCUT2D eigenvalue weighted by molar-refractivity contribution is 5.95. The third-order valence-corrected chi connectivity index (χ3v) is 3.24. The third-order valence-electron chi connectivity index (χ3n) is 3.24. The molecule has 2 aromatic rings. The van der Waals surface area contributed by atoms with E-state index < -0.39 is 30.3 Å². The second-order valence-electron chi connectivity index (χ2n) is 5.08. The average Bonchev–Trinajstić information content (AvgIpc) is 2.66. The number of carbonyl (C=O) groups is 3. The first kappa shape index (κ1) is 18.9. The normalized spacial score (nSPS) is 10.4. The van der Waals surface area contributed by atoms with Crippen molar-refractivity contribution >= 4 is 29.6 Å². The van der Waals surface area contributed by atoms with Crippen molar-refractivity contribution in [2.24, 2.45) is 0 Å². The van der Waals surface area contributed by atoms with Gasteiger partial charge in [-0.05, 0) is 35.9 Å². The van der Waals surface area contributed by atoms with Gasteiger partial charge in [0.2, 0.25) is 0 Å². The molecule has 2 aromatic carbocycles.